The molecule has 0 spiro atoms. The SMILES string of the molecule is COc1cc(F)c(O[C@H]2CC[C@@](C)(C(=O)OC(C)(C)C)CC2)cc1C(=O)N[C@@H]1[C@H]2CC[C@H](C2)[C@@H]1C(=O)NCC(C)(C)C(F)(F)F. The lowest BCUT2D eigenvalue weighted by Crippen LogP contribution is -2.52. The van der Waals surface area contributed by atoms with Crippen LogP contribution in [0.3, 0.4) is 0 Å². The molecule has 2 amide bonds. The molecule has 3 fully saturated rings. The Morgan fingerprint density at radius 1 is 0.956 bits per heavy atom. The van der Waals surface area contributed by atoms with Crippen LogP contribution in [0.2, 0.25) is 0 Å². The van der Waals surface area contributed by atoms with Crippen molar-refractivity contribution in [1.82, 2.24) is 10.6 Å². The Balaban J connectivity index is 1.45. The third kappa shape index (κ3) is 7.68. The van der Waals surface area contributed by atoms with Gasteiger partial charge in [-0.1, -0.05) is 0 Å². The number of esters is 1. The van der Waals surface area contributed by atoms with Crippen LogP contribution in [-0.2, 0) is 14.3 Å². The highest BCUT2D eigenvalue weighted by Crippen LogP contribution is 2.49. The van der Waals surface area contributed by atoms with Gasteiger partial charge in [-0.3, -0.25) is 14.4 Å². The monoisotopic (exact) mass is 642 g/mol. The number of carbonyl (C=O) groups is 3. The molecular weight excluding hydrogens is 596 g/mol. The first-order valence-corrected chi connectivity index (χ1v) is 15.7. The zero-order chi connectivity index (χ0) is 33.5. The average molecular weight is 643 g/mol. The molecular formula is C33H46F4N2O6. The Morgan fingerprint density at radius 2 is 1.58 bits per heavy atom. The zero-order valence-electron chi connectivity index (χ0n) is 27.2. The fraction of sp³-hybridized carbons (Fsp3) is 0.727. The number of fused-ring (bicyclic) bond motifs is 2. The normalized spacial score (nSPS) is 28.4. The number of amides is 2. The van der Waals surface area contributed by atoms with Crippen molar-refractivity contribution in [2.45, 2.75) is 110 Å². The van der Waals surface area contributed by atoms with Gasteiger partial charge in [-0.2, -0.15) is 13.2 Å². The van der Waals surface area contributed by atoms with Gasteiger partial charge in [0.05, 0.1) is 35.5 Å². The number of hydrogen-bond acceptors (Lipinski definition) is 6. The summed E-state index contributed by atoms with van der Waals surface area (Å²) < 4.78 is 72.1. The quantitative estimate of drug-likeness (QED) is 0.240. The summed E-state index contributed by atoms with van der Waals surface area (Å²) in [7, 11) is 1.31. The first-order valence-electron chi connectivity index (χ1n) is 15.7. The number of hydrogen-bond donors (Lipinski definition) is 2. The maximum absolute atomic E-state index is 15.1. The van der Waals surface area contributed by atoms with E-state index in [1.54, 1.807) is 0 Å². The minimum atomic E-state index is -4.49. The lowest BCUT2D eigenvalue weighted by atomic mass is 9.74. The van der Waals surface area contributed by atoms with E-state index in [0.717, 1.165) is 32.8 Å². The molecule has 2 N–H and O–H groups in total. The van der Waals surface area contributed by atoms with Gasteiger partial charge in [0, 0.05) is 18.7 Å². The largest absolute Gasteiger partial charge is 0.496 e. The van der Waals surface area contributed by atoms with Gasteiger partial charge >= 0.3 is 12.1 Å². The Morgan fingerprint density at radius 3 is 2.16 bits per heavy atom. The summed E-state index contributed by atoms with van der Waals surface area (Å²) in [5.74, 6) is -3.00. The molecule has 1 aromatic carbocycles. The minimum Gasteiger partial charge on any atom is -0.496 e. The smallest absolute Gasteiger partial charge is 0.395 e. The van der Waals surface area contributed by atoms with Crippen LogP contribution in [0.15, 0.2) is 12.1 Å². The molecule has 12 heteroatoms. The van der Waals surface area contributed by atoms with Crippen LogP contribution in [0.5, 0.6) is 11.5 Å². The molecule has 45 heavy (non-hydrogen) atoms. The Kier molecular flexibility index (Phi) is 9.77. The third-order valence-electron chi connectivity index (χ3n) is 9.71. The molecule has 4 rings (SSSR count). The van der Waals surface area contributed by atoms with Crippen molar-refractivity contribution in [3.05, 3.63) is 23.5 Å². The lowest BCUT2D eigenvalue weighted by molar-refractivity contribution is -0.209. The summed E-state index contributed by atoms with van der Waals surface area (Å²) >= 11 is 0. The molecule has 2 bridgehead atoms. The van der Waals surface area contributed by atoms with Crippen molar-refractivity contribution in [3.63, 3.8) is 0 Å². The summed E-state index contributed by atoms with van der Waals surface area (Å²) in [5.41, 5.74) is -3.38. The molecule has 1 aromatic rings. The van der Waals surface area contributed by atoms with Crippen molar-refractivity contribution in [2.24, 2.45) is 28.6 Å². The van der Waals surface area contributed by atoms with Gasteiger partial charge in [-0.15, -0.1) is 0 Å². The summed E-state index contributed by atoms with van der Waals surface area (Å²) in [6.45, 7) is 8.78. The Labute approximate surface area is 262 Å². The van der Waals surface area contributed by atoms with Gasteiger partial charge in [0.1, 0.15) is 11.4 Å². The number of rotatable bonds is 9. The predicted molar refractivity (Wildman–Crippen MR) is 158 cm³/mol. The molecule has 8 nitrogen and oxygen atoms in total. The van der Waals surface area contributed by atoms with Crippen LogP contribution in [0.4, 0.5) is 17.6 Å². The maximum Gasteiger partial charge on any atom is 0.395 e. The van der Waals surface area contributed by atoms with Crippen LogP contribution in [0.1, 0.15) is 96.8 Å². The van der Waals surface area contributed by atoms with Crippen LogP contribution < -0.4 is 20.1 Å². The lowest BCUT2D eigenvalue weighted by Gasteiger charge is -2.37. The second kappa shape index (κ2) is 12.6. The first-order chi connectivity index (χ1) is 20.7. The van der Waals surface area contributed by atoms with Gasteiger partial charge in [0.25, 0.3) is 5.91 Å². The highest BCUT2D eigenvalue weighted by Gasteiger charge is 2.53. The van der Waals surface area contributed by atoms with E-state index in [0.29, 0.717) is 32.1 Å². The van der Waals surface area contributed by atoms with E-state index in [4.69, 9.17) is 14.2 Å². The van der Waals surface area contributed by atoms with Crippen LogP contribution in [-0.4, -0.2) is 55.4 Å². The third-order valence-corrected chi connectivity index (χ3v) is 9.71. The number of ether oxygens (including phenoxy) is 3. The summed E-state index contributed by atoms with van der Waals surface area (Å²) in [6.07, 6.45) is -0.709. The molecule has 0 heterocycles. The van der Waals surface area contributed by atoms with Crippen molar-refractivity contribution in [3.8, 4) is 11.5 Å². The van der Waals surface area contributed by atoms with E-state index < -0.39 is 58.7 Å². The molecule has 4 atom stereocenters. The number of alkyl halides is 3. The van der Waals surface area contributed by atoms with E-state index in [1.807, 2.05) is 27.7 Å². The van der Waals surface area contributed by atoms with Crippen molar-refractivity contribution < 1.29 is 46.2 Å². The number of benzene rings is 1. The average Bonchev–Trinajstić information content (AvgIpc) is 3.54. The molecule has 0 unspecified atom stereocenters. The predicted octanol–water partition coefficient (Wildman–Crippen LogP) is 6.35. The van der Waals surface area contributed by atoms with E-state index in [9.17, 15) is 27.6 Å². The topological polar surface area (TPSA) is 103 Å². The molecule has 0 radical (unpaired) electrons. The van der Waals surface area contributed by atoms with Gasteiger partial charge in [0.15, 0.2) is 11.6 Å². The summed E-state index contributed by atoms with van der Waals surface area (Å²) in [6, 6.07) is 1.76. The second-order valence-corrected chi connectivity index (χ2v) is 14.8. The molecule has 0 aliphatic heterocycles. The highest BCUT2D eigenvalue weighted by atomic mass is 19.4. The van der Waals surface area contributed by atoms with Crippen LogP contribution in [0, 0.1) is 34.4 Å². The van der Waals surface area contributed by atoms with E-state index in [-0.39, 0.29) is 41.0 Å². The summed E-state index contributed by atoms with van der Waals surface area (Å²) in [4.78, 5) is 39.6. The van der Waals surface area contributed by atoms with Crippen LogP contribution in [0.25, 0.3) is 0 Å². The fourth-order valence-electron chi connectivity index (χ4n) is 6.73. The Hall–Kier alpha value is -3.05. The van der Waals surface area contributed by atoms with E-state index >= 15 is 4.39 Å². The maximum atomic E-state index is 15.1. The number of carbonyl (C=O) groups excluding carboxylic acids is 3. The van der Waals surface area contributed by atoms with Crippen molar-refractivity contribution in [1.29, 1.82) is 0 Å². The molecule has 0 saturated heterocycles. The number of halogens is 4. The van der Waals surface area contributed by atoms with Crippen molar-refractivity contribution in [2.75, 3.05) is 13.7 Å². The minimum absolute atomic E-state index is 0.00554. The van der Waals surface area contributed by atoms with Crippen LogP contribution >= 0.6 is 0 Å². The number of nitrogens with one attached hydrogen (secondary N) is 2. The van der Waals surface area contributed by atoms with E-state index in [2.05, 4.69) is 10.6 Å². The summed E-state index contributed by atoms with van der Waals surface area (Å²) in [5, 5.41) is 5.39. The fourth-order valence-corrected chi connectivity index (χ4v) is 6.73. The standard InChI is InChI=1S/C33H46F4N2O6/c1-30(2,3)45-29(42)32(6)12-10-20(11-13-32)44-24-15-21(23(43-7)16-22(24)34)27(40)39-26-19-9-8-18(14-19)25(26)28(41)38-17-31(4,5)33(35,36)37/h15-16,18-20,25-26H,8-14,17H2,1-7H3,(H,38,41)(H,39,40)/t18-,19+,20-,25+,26-,32+/m1/s1. The zero-order valence-corrected chi connectivity index (χ0v) is 27.2. The molecule has 3 aliphatic carbocycles. The first kappa shape index (κ1) is 34.8. The molecule has 3 saturated carbocycles. The van der Waals surface area contributed by atoms with E-state index in [1.165, 1.54) is 13.2 Å². The highest BCUT2D eigenvalue weighted by molar-refractivity contribution is 5.98. The molecule has 3 aliphatic rings. The molecule has 252 valence electrons. The van der Waals surface area contributed by atoms with Gasteiger partial charge in [-0.05, 0) is 104 Å². The Bertz CT molecular complexity index is 1280. The van der Waals surface area contributed by atoms with Gasteiger partial charge in [-0.25, -0.2) is 4.39 Å². The second-order valence-electron chi connectivity index (χ2n) is 14.8. The van der Waals surface area contributed by atoms with Gasteiger partial charge < -0.3 is 24.8 Å². The number of methoxy groups -OCH3 is 1. The molecule has 0 aromatic heterocycles. The van der Waals surface area contributed by atoms with Gasteiger partial charge in [0.2, 0.25) is 5.91 Å². The van der Waals surface area contributed by atoms with Crippen molar-refractivity contribution >= 4 is 17.8 Å².